The van der Waals surface area contributed by atoms with Crippen LogP contribution in [0.3, 0.4) is 0 Å². The van der Waals surface area contributed by atoms with Crippen LogP contribution < -0.4 is 5.73 Å². The number of nitrogens with two attached hydrogens (primary N) is 1. The van der Waals surface area contributed by atoms with E-state index in [2.05, 4.69) is 5.10 Å². The highest BCUT2D eigenvalue weighted by Crippen LogP contribution is 2.32. The van der Waals surface area contributed by atoms with Gasteiger partial charge in [-0.05, 0) is 25.0 Å². The van der Waals surface area contributed by atoms with Crippen molar-refractivity contribution in [3.63, 3.8) is 0 Å². The van der Waals surface area contributed by atoms with E-state index in [-0.39, 0.29) is 12.1 Å². The average molecular weight is 292 g/mol. The minimum absolute atomic E-state index is 0.0170. The van der Waals surface area contributed by atoms with Crippen molar-refractivity contribution < 1.29 is 5.11 Å². The maximum atomic E-state index is 10.1. The van der Waals surface area contributed by atoms with Gasteiger partial charge in [-0.15, -0.1) is 0 Å². The number of nitrogens with zero attached hydrogens (tertiary/aromatic N) is 2. The van der Waals surface area contributed by atoms with Crippen molar-refractivity contribution in [1.29, 1.82) is 0 Å². The molecule has 0 amide bonds. The molecule has 1 aromatic heterocycles. The van der Waals surface area contributed by atoms with Crippen LogP contribution >= 0.6 is 11.6 Å². The molecule has 5 heteroatoms. The van der Waals surface area contributed by atoms with Crippen molar-refractivity contribution in [2.75, 3.05) is 5.73 Å². The largest absolute Gasteiger partial charge is 0.391 e. The fourth-order valence-corrected chi connectivity index (χ4v) is 3.03. The standard InChI is InChI=1S/C15H18ClN3O/c16-11-5-3-4-10(8-11)12-9-15(17)19(18-12)13-6-1-2-7-14(13)20/h3-5,8-9,13-14,20H,1-2,6-7,17H2. The highest BCUT2D eigenvalue weighted by Gasteiger charge is 2.27. The fraction of sp³-hybridized carbons (Fsp3) is 0.400. The zero-order valence-corrected chi connectivity index (χ0v) is 11.9. The molecule has 1 aromatic carbocycles. The molecule has 1 heterocycles. The summed E-state index contributed by atoms with van der Waals surface area (Å²) in [4.78, 5) is 0. The summed E-state index contributed by atoms with van der Waals surface area (Å²) in [5.41, 5.74) is 7.80. The number of aliphatic hydroxyl groups excluding tert-OH is 1. The third-order valence-electron chi connectivity index (χ3n) is 3.89. The Morgan fingerprint density at radius 3 is 2.80 bits per heavy atom. The van der Waals surface area contributed by atoms with Crippen molar-refractivity contribution in [3.8, 4) is 11.3 Å². The number of aliphatic hydroxyl groups is 1. The van der Waals surface area contributed by atoms with Gasteiger partial charge in [0.05, 0.1) is 17.8 Å². The topological polar surface area (TPSA) is 64.1 Å². The number of benzene rings is 1. The van der Waals surface area contributed by atoms with Gasteiger partial charge < -0.3 is 10.8 Å². The Morgan fingerprint density at radius 2 is 2.05 bits per heavy atom. The van der Waals surface area contributed by atoms with E-state index in [4.69, 9.17) is 17.3 Å². The number of nitrogen functional groups attached to an aromatic ring is 1. The molecule has 4 nitrogen and oxygen atoms in total. The first-order chi connectivity index (χ1) is 9.65. The zero-order chi connectivity index (χ0) is 14.1. The lowest BCUT2D eigenvalue weighted by Crippen LogP contribution is -2.29. The van der Waals surface area contributed by atoms with Crippen LogP contribution in [0.5, 0.6) is 0 Å². The van der Waals surface area contributed by atoms with Gasteiger partial charge in [-0.25, -0.2) is 4.68 Å². The van der Waals surface area contributed by atoms with Gasteiger partial charge in [0, 0.05) is 16.7 Å². The molecule has 2 unspecified atom stereocenters. The lowest BCUT2D eigenvalue weighted by Gasteiger charge is -2.28. The highest BCUT2D eigenvalue weighted by molar-refractivity contribution is 6.30. The Kier molecular flexibility index (Phi) is 3.68. The van der Waals surface area contributed by atoms with E-state index in [0.29, 0.717) is 10.8 Å². The first kappa shape index (κ1) is 13.5. The number of halogens is 1. The van der Waals surface area contributed by atoms with Crippen LogP contribution in [0.2, 0.25) is 5.02 Å². The molecule has 2 atom stereocenters. The fourth-order valence-electron chi connectivity index (χ4n) is 2.84. The van der Waals surface area contributed by atoms with E-state index in [1.165, 1.54) is 0 Å². The maximum Gasteiger partial charge on any atom is 0.122 e. The molecule has 1 saturated carbocycles. The van der Waals surface area contributed by atoms with Crippen molar-refractivity contribution in [2.45, 2.75) is 37.8 Å². The summed E-state index contributed by atoms with van der Waals surface area (Å²) < 4.78 is 1.76. The second kappa shape index (κ2) is 5.46. The minimum Gasteiger partial charge on any atom is -0.391 e. The normalized spacial score (nSPS) is 22.9. The predicted molar refractivity (Wildman–Crippen MR) is 80.6 cm³/mol. The molecular weight excluding hydrogens is 274 g/mol. The van der Waals surface area contributed by atoms with Gasteiger partial charge >= 0.3 is 0 Å². The quantitative estimate of drug-likeness (QED) is 0.892. The summed E-state index contributed by atoms with van der Waals surface area (Å²) in [6.07, 6.45) is 3.55. The van der Waals surface area contributed by atoms with Gasteiger partial charge in [-0.2, -0.15) is 5.10 Å². The zero-order valence-electron chi connectivity index (χ0n) is 11.2. The van der Waals surface area contributed by atoms with Gasteiger partial charge in [-0.1, -0.05) is 36.6 Å². The molecule has 1 fully saturated rings. The molecular formula is C15H18ClN3O. The average Bonchev–Trinajstić information content (AvgIpc) is 2.81. The van der Waals surface area contributed by atoms with Gasteiger partial charge in [-0.3, -0.25) is 0 Å². The molecule has 20 heavy (non-hydrogen) atoms. The molecule has 1 aliphatic rings. The second-order valence-corrected chi connectivity index (χ2v) is 5.76. The van der Waals surface area contributed by atoms with Crippen LogP contribution in [0, 0.1) is 0 Å². The van der Waals surface area contributed by atoms with Crippen molar-refractivity contribution in [2.24, 2.45) is 0 Å². The Bertz CT molecular complexity index is 611. The van der Waals surface area contributed by atoms with Gasteiger partial charge in [0.15, 0.2) is 0 Å². The van der Waals surface area contributed by atoms with E-state index in [1.807, 2.05) is 30.3 Å². The van der Waals surface area contributed by atoms with Crippen molar-refractivity contribution >= 4 is 17.4 Å². The summed E-state index contributed by atoms with van der Waals surface area (Å²) in [5, 5.41) is 15.4. The van der Waals surface area contributed by atoms with E-state index in [1.54, 1.807) is 4.68 Å². The number of anilines is 1. The van der Waals surface area contributed by atoms with Crippen molar-refractivity contribution in [3.05, 3.63) is 35.4 Å². The van der Waals surface area contributed by atoms with Crippen molar-refractivity contribution in [1.82, 2.24) is 9.78 Å². The number of hydrogen-bond donors (Lipinski definition) is 2. The Morgan fingerprint density at radius 1 is 1.25 bits per heavy atom. The Labute approximate surface area is 123 Å². The predicted octanol–water partition coefficient (Wildman–Crippen LogP) is 3.26. The number of aromatic nitrogens is 2. The van der Waals surface area contributed by atoms with Crippen LogP contribution in [0.15, 0.2) is 30.3 Å². The summed E-state index contributed by atoms with van der Waals surface area (Å²) in [6, 6.07) is 9.36. The minimum atomic E-state index is -0.363. The van der Waals surface area contributed by atoms with Crippen LogP contribution in [0.25, 0.3) is 11.3 Å². The van der Waals surface area contributed by atoms with Crippen LogP contribution in [0.4, 0.5) is 5.82 Å². The maximum absolute atomic E-state index is 10.1. The summed E-state index contributed by atoms with van der Waals surface area (Å²) in [5.74, 6) is 0.589. The van der Waals surface area contributed by atoms with Gasteiger partial charge in [0.1, 0.15) is 5.82 Å². The Hall–Kier alpha value is -1.52. The number of hydrogen-bond acceptors (Lipinski definition) is 3. The second-order valence-electron chi connectivity index (χ2n) is 5.33. The van der Waals surface area contributed by atoms with Crippen LogP contribution in [-0.2, 0) is 0 Å². The van der Waals surface area contributed by atoms with E-state index < -0.39 is 0 Å². The molecule has 2 aromatic rings. The van der Waals surface area contributed by atoms with E-state index in [9.17, 15) is 5.11 Å². The monoisotopic (exact) mass is 291 g/mol. The molecule has 106 valence electrons. The lowest BCUT2D eigenvalue weighted by atomic mass is 9.93. The molecule has 0 saturated heterocycles. The third kappa shape index (κ3) is 2.53. The van der Waals surface area contributed by atoms with Gasteiger partial charge in [0.25, 0.3) is 0 Å². The first-order valence-electron chi connectivity index (χ1n) is 6.94. The van der Waals surface area contributed by atoms with E-state index >= 15 is 0 Å². The van der Waals surface area contributed by atoms with E-state index in [0.717, 1.165) is 36.9 Å². The first-order valence-corrected chi connectivity index (χ1v) is 7.32. The highest BCUT2D eigenvalue weighted by atomic mass is 35.5. The molecule has 0 aliphatic heterocycles. The molecule has 0 spiro atoms. The molecule has 0 radical (unpaired) electrons. The van der Waals surface area contributed by atoms with Crippen LogP contribution in [-0.4, -0.2) is 21.0 Å². The third-order valence-corrected chi connectivity index (χ3v) is 4.13. The Balaban J connectivity index is 1.94. The van der Waals surface area contributed by atoms with Gasteiger partial charge in [0.2, 0.25) is 0 Å². The number of rotatable bonds is 2. The smallest absolute Gasteiger partial charge is 0.122 e. The summed E-state index contributed by atoms with van der Waals surface area (Å²) >= 11 is 6.01. The molecule has 3 N–H and O–H groups in total. The van der Waals surface area contributed by atoms with Crippen LogP contribution in [0.1, 0.15) is 31.7 Å². The SMILES string of the molecule is Nc1cc(-c2cccc(Cl)c2)nn1C1CCCCC1O. The summed E-state index contributed by atoms with van der Waals surface area (Å²) in [6.45, 7) is 0. The molecule has 0 bridgehead atoms. The molecule has 3 rings (SSSR count). The molecule has 1 aliphatic carbocycles. The lowest BCUT2D eigenvalue weighted by molar-refractivity contribution is 0.0707. The summed E-state index contributed by atoms with van der Waals surface area (Å²) in [7, 11) is 0.